The summed E-state index contributed by atoms with van der Waals surface area (Å²) in [6.07, 6.45) is 4.71. The van der Waals surface area contributed by atoms with Crippen LogP contribution >= 0.6 is 11.6 Å². The van der Waals surface area contributed by atoms with Gasteiger partial charge < -0.3 is 10.1 Å². The lowest BCUT2D eigenvalue weighted by Crippen LogP contribution is -2.27. The molecule has 1 fully saturated rings. The number of rotatable bonds is 6. The fraction of sp³-hybridized carbons (Fsp3) is 0.647. The monoisotopic (exact) mass is 295 g/mol. The van der Waals surface area contributed by atoms with E-state index in [1.165, 1.54) is 30.4 Å². The molecule has 1 atom stereocenters. The molecule has 0 saturated carbocycles. The molecule has 3 heteroatoms. The highest BCUT2D eigenvalue weighted by molar-refractivity contribution is 6.30. The molecule has 1 aromatic rings. The van der Waals surface area contributed by atoms with Crippen LogP contribution in [0.2, 0.25) is 5.02 Å². The van der Waals surface area contributed by atoms with Crippen LogP contribution < -0.4 is 5.32 Å². The maximum Gasteiger partial charge on any atom is 0.0468 e. The molecular formula is C17H26ClNO. The summed E-state index contributed by atoms with van der Waals surface area (Å²) in [6, 6.07) is 6.65. The zero-order valence-electron chi connectivity index (χ0n) is 12.6. The van der Waals surface area contributed by atoms with Crippen LogP contribution in [0.1, 0.15) is 49.8 Å². The van der Waals surface area contributed by atoms with Crippen LogP contribution in [0.15, 0.2) is 18.2 Å². The summed E-state index contributed by atoms with van der Waals surface area (Å²) in [5.74, 6) is 0.761. The number of aryl methyl sites for hydroxylation is 1. The number of nitrogens with one attached hydrogen (secondary N) is 1. The summed E-state index contributed by atoms with van der Waals surface area (Å²) in [5.41, 5.74) is 2.69. The molecule has 1 saturated heterocycles. The Morgan fingerprint density at radius 1 is 1.35 bits per heavy atom. The lowest BCUT2D eigenvalue weighted by Gasteiger charge is -2.28. The van der Waals surface area contributed by atoms with Gasteiger partial charge in [-0.15, -0.1) is 0 Å². The van der Waals surface area contributed by atoms with E-state index in [4.69, 9.17) is 16.3 Å². The van der Waals surface area contributed by atoms with Gasteiger partial charge in [-0.05, 0) is 68.3 Å². The molecule has 2 nitrogen and oxygen atoms in total. The molecule has 1 heterocycles. The first-order chi connectivity index (χ1) is 9.70. The first-order valence-electron chi connectivity index (χ1n) is 7.78. The third-order valence-electron chi connectivity index (χ3n) is 4.17. The third kappa shape index (κ3) is 4.47. The van der Waals surface area contributed by atoms with Crippen molar-refractivity contribution in [2.75, 3.05) is 19.8 Å². The van der Waals surface area contributed by atoms with Crippen LogP contribution in [0.25, 0.3) is 0 Å². The Morgan fingerprint density at radius 2 is 2.10 bits per heavy atom. The standard InChI is InChI=1S/C17H26ClNO/c1-3-8-19-17(11-14-6-9-20-10-7-14)16-12-15(18)5-4-13(16)2/h4-5,12,14,17,19H,3,6-11H2,1-2H3. The average Bonchev–Trinajstić information content (AvgIpc) is 2.47. The molecule has 1 aromatic carbocycles. The van der Waals surface area contributed by atoms with Gasteiger partial charge in [0.25, 0.3) is 0 Å². The summed E-state index contributed by atoms with van der Waals surface area (Å²) >= 11 is 6.19. The van der Waals surface area contributed by atoms with Gasteiger partial charge in [0.1, 0.15) is 0 Å². The van der Waals surface area contributed by atoms with Crippen molar-refractivity contribution in [3.05, 3.63) is 34.3 Å². The fourth-order valence-corrected chi connectivity index (χ4v) is 3.12. The fourth-order valence-electron chi connectivity index (χ4n) is 2.94. The molecule has 112 valence electrons. The second-order valence-corrected chi connectivity index (χ2v) is 6.24. The molecule has 0 aromatic heterocycles. The molecule has 1 unspecified atom stereocenters. The molecule has 1 aliphatic rings. The second kappa shape index (κ2) is 8.02. The lowest BCUT2D eigenvalue weighted by molar-refractivity contribution is 0.0605. The predicted octanol–water partition coefficient (Wildman–Crippen LogP) is 4.51. The van der Waals surface area contributed by atoms with E-state index in [0.29, 0.717) is 6.04 Å². The van der Waals surface area contributed by atoms with Crippen LogP contribution in [0.4, 0.5) is 0 Å². The first kappa shape index (κ1) is 15.8. The number of hydrogen-bond acceptors (Lipinski definition) is 2. The predicted molar refractivity (Wildman–Crippen MR) is 85.4 cm³/mol. The molecule has 2 rings (SSSR count). The summed E-state index contributed by atoms with van der Waals surface area (Å²) < 4.78 is 5.47. The average molecular weight is 296 g/mol. The molecule has 1 N–H and O–H groups in total. The van der Waals surface area contributed by atoms with Crippen LogP contribution in [0.3, 0.4) is 0 Å². The van der Waals surface area contributed by atoms with Crippen molar-refractivity contribution in [1.29, 1.82) is 0 Å². The van der Waals surface area contributed by atoms with Gasteiger partial charge in [0.05, 0.1) is 0 Å². The van der Waals surface area contributed by atoms with Gasteiger partial charge in [0, 0.05) is 24.3 Å². The van der Waals surface area contributed by atoms with Crippen LogP contribution in [-0.2, 0) is 4.74 Å². The van der Waals surface area contributed by atoms with Crippen molar-refractivity contribution in [2.45, 2.75) is 45.6 Å². The Kier molecular flexibility index (Phi) is 6.34. The van der Waals surface area contributed by atoms with Crippen molar-refractivity contribution < 1.29 is 4.74 Å². The van der Waals surface area contributed by atoms with E-state index in [1.807, 2.05) is 6.07 Å². The maximum absolute atomic E-state index is 6.19. The van der Waals surface area contributed by atoms with E-state index in [9.17, 15) is 0 Å². The van der Waals surface area contributed by atoms with Crippen molar-refractivity contribution >= 4 is 11.6 Å². The molecule has 0 amide bonds. The van der Waals surface area contributed by atoms with E-state index < -0.39 is 0 Å². The minimum atomic E-state index is 0.414. The highest BCUT2D eigenvalue weighted by atomic mass is 35.5. The number of halogens is 1. The number of ether oxygens (including phenoxy) is 1. The molecular weight excluding hydrogens is 270 g/mol. The molecule has 1 aliphatic heterocycles. The quantitative estimate of drug-likeness (QED) is 0.834. The zero-order valence-corrected chi connectivity index (χ0v) is 13.4. The molecule has 0 aliphatic carbocycles. The third-order valence-corrected chi connectivity index (χ3v) is 4.40. The van der Waals surface area contributed by atoms with Gasteiger partial charge in [0.15, 0.2) is 0 Å². The molecule has 20 heavy (non-hydrogen) atoms. The van der Waals surface area contributed by atoms with Crippen LogP contribution in [-0.4, -0.2) is 19.8 Å². The van der Waals surface area contributed by atoms with Gasteiger partial charge in [-0.2, -0.15) is 0 Å². The minimum Gasteiger partial charge on any atom is -0.381 e. The van der Waals surface area contributed by atoms with Gasteiger partial charge in [0.2, 0.25) is 0 Å². The summed E-state index contributed by atoms with van der Waals surface area (Å²) in [6.45, 7) is 7.28. The second-order valence-electron chi connectivity index (χ2n) is 5.80. The van der Waals surface area contributed by atoms with E-state index in [0.717, 1.165) is 37.1 Å². The Morgan fingerprint density at radius 3 is 2.80 bits per heavy atom. The number of benzene rings is 1. The first-order valence-corrected chi connectivity index (χ1v) is 8.15. The van der Waals surface area contributed by atoms with Gasteiger partial charge in [-0.3, -0.25) is 0 Å². The van der Waals surface area contributed by atoms with Crippen molar-refractivity contribution in [3.8, 4) is 0 Å². The largest absolute Gasteiger partial charge is 0.381 e. The Balaban J connectivity index is 2.10. The lowest BCUT2D eigenvalue weighted by atomic mass is 9.88. The van der Waals surface area contributed by atoms with Crippen molar-refractivity contribution in [2.24, 2.45) is 5.92 Å². The highest BCUT2D eigenvalue weighted by Gasteiger charge is 2.21. The zero-order chi connectivity index (χ0) is 14.4. The normalized spacial score (nSPS) is 18.1. The van der Waals surface area contributed by atoms with Crippen LogP contribution in [0, 0.1) is 12.8 Å². The summed E-state index contributed by atoms with van der Waals surface area (Å²) in [5, 5.41) is 4.54. The van der Waals surface area contributed by atoms with Gasteiger partial charge >= 0.3 is 0 Å². The topological polar surface area (TPSA) is 21.3 Å². The summed E-state index contributed by atoms with van der Waals surface area (Å²) in [7, 11) is 0. The minimum absolute atomic E-state index is 0.414. The van der Waals surface area contributed by atoms with E-state index in [-0.39, 0.29) is 0 Å². The van der Waals surface area contributed by atoms with Crippen LogP contribution in [0.5, 0.6) is 0 Å². The smallest absolute Gasteiger partial charge is 0.0468 e. The van der Waals surface area contributed by atoms with E-state index in [2.05, 4.69) is 31.3 Å². The van der Waals surface area contributed by atoms with Gasteiger partial charge in [-0.1, -0.05) is 24.6 Å². The van der Waals surface area contributed by atoms with Crippen molar-refractivity contribution in [1.82, 2.24) is 5.32 Å². The molecule has 0 spiro atoms. The van der Waals surface area contributed by atoms with Gasteiger partial charge in [-0.25, -0.2) is 0 Å². The SMILES string of the molecule is CCCNC(CC1CCOCC1)c1cc(Cl)ccc1C. The summed E-state index contributed by atoms with van der Waals surface area (Å²) in [4.78, 5) is 0. The molecule has 0 bridgehead atoms. The Bertz CT molecular complexity index is 415. The molecule has 0 radical (unpaired) electrons. The highest BCUT2D eigenvalue weighted by Crippen LogP contribution is 2.30. The Hall–Kier alpha value is -0.570. The number of hydrogen-bond donors (Lipinski definition) is 1. The maximum atomic E-state index is 6.19. The van der Waals surface area contributed by atoms with Crippen molar-refractivity contribution in [3.63, 3.8) is 0 Å². The Labute approximate surface area is 127 Å². The van der Waals surface area contributed by atoms with E-state index in [1.54, 1.807) is 0 Å². The van der Waals surface area contributed by atoms with E-state index >= 15 is 0 Å².